The summed E-state index contributed by atoms with van der Waals surface area (Å²) in [4.78, 5) is 0. The fourth-order valence-corrected chi connectivity index (χ4v) is 1.04. The molecule has 0 unspecified atom stereocenters. The van der Waals surface area contributed by atoms with Crippen molar-refractivity contribution >= 4 is 30.2 Å². The van der Waals surface area contributed by atoms with Crippen LogP contribution in [0.5, 0.6) is 0 Å². The summed E-state index contributed by atoms with van der Waals surface area (Å²) in [5.41, 5.74) is 0.977. The van der Waals surface area contributed by atoms with Crippen molar-refractivity contribution in [3.8, 4) is 0 Å². The number of nitrogens with zero attached hydrogens (tertiary/aromatic N) is 1. The average molecular weight is 143 g/mol. The minimum atomic E-state index is 0.977. The minimum absolute atomic E-state index is 0.977. The van der Waals surface area contributed by atoms with Gasteiger partial charge in [0.2, 0.25) is 0 Å². The zero-order chi connectivity index (χ0) is 5.82. The Kier molecular flexibility index (Phi) is 2.11. The third-order valence-corrected chi connectivity index (χ3v) is 1.43. The zero-order valence-corrected chi connectivity index (χ0v) is 5.82. The molecule has 1 aromatic rings. The summed E-state index contributed by atoms with van der Waals surface area (Å²) < 4.78 is 4.01. The summed E-state index contributed by atoms with van der Waals surface area (Å²) >= 11 is 5.34. The van der Waals surface area contributed by atoms with Crippen LogP contribution in [0.4, 0.5) is 0 Å². The highest BCUT2D eigenvalue weighted by Gasteiger charge is 1.82. The van der Waals surface area contributed by atoms with Gasteiger partial charge in [-0.15, -0.1) is 0 Å². The average Bonchev–Trinajstić information content (AvgIpc) is 2.19. The number of hydrogen-bond donors (Lipinski definition) is 1. The van der Waals surface area contributed by atoms with Crippen molar-refractivity contribution in [3.05, 3.63) is 22.5 Å². The van der Waals surface area contributed by atoms with Gasteiger partial charge in [0.15, 0.2) is 0 Å². The van der Waals surface area contributed by atoms with E-state index in [0.717, 1.165) is 5.69 Å². The second kappa shape index (κ2) is 2.89. The van der Waals surface area contributed by atoms with E-state index in [1.807, 2.05) is 17.5 Å². The van der Waals surface area contributed by atoms with Crippen molar-refractivity contribution in [2.45, 2.75) is 0 Å². The number of hydrogen-bond acceptors (Lipinski definition) is 3. The van der Waals surface area contributed by atoms with Crippen LogP contribution in [-0.4, -0.2) is 4.37 Å². The molecule has 0 aliphatic rings. The summed E-state index contributed by atoms with van der Waals surface area (Å²) in [6.07, 6.45) is 1.85. The first kappa shape index (κ1) is 5.85. The Balaban J connectivity index is 2.77. The third-order valence-electron chi connectivity index (χ3n) is 0.703. The fourth-order valence-electron chi connectivity index (χ4n) is 0.384. The lowest BCUT2D eigenvalue weighted by atomic mass is 10.4. The first-order valence-electron chi connectivity index (χ1n) is 2.14. The van der Waals surface area contributed by atoms with Gasteiger partial charge in [-0.2, -0.15) is 17.0 Å². The van der Waals surface area contributed by atoms with Gasteiger partial charge in [-0.1, -0.05) is 0 Å². The van der Waals surface area contributed by atoms with Crippen molar-refractivity contribution in [3.63, 3.8) is 0 Å². The molecule has 0 saturated heterocycles. The van der Waals surface area contributed by atoms with Crippen LogP contribution in [0.25, 0.3) is 6.08 Å². The Hall–Kier alpha value is -0.280. The van der Waals surface area contributed by atoms with Crippen LogP contribution in [0, 0.1) is 0 Å². The van der Waals surface area contributed by atoms with E-state index in [1.165, 1.54) is 11.5 Å². The smallest absolute Gasteiger partial charge is 0.0773 e. The molecule has 0 aromatic carbocycles. The van der Waals surface area contributed by atoms with Gasteiger partial charge in [-0.05, 0) is 29.1 Å². The van der Waals surface area contributed by atoms with Crippen molar-refractivity contribution in [2.75, 3.05) is 0 Å². The topological polar surface area (TPSA) is 12.9 Å². The Labute approximate surface area is 57.6 Å². The molecular formula is C5H5NS2. The van der Waals surface area contributed by atoms with Crippen LogP contribution in [0.2, 0.25) is 0 Å². The number of aromatic nitrogens is 1. The van der Waals surface area contributed by atoms with Gasteiger partial charge in [0, 0.05) is 5.38 Å². The molecule has 0 fully saturated rings. The molecule has 0 aliphatic heterocycles. The maximum Gasteiger partial charge on any atom is 0.0773 e. The highest BCUT2D eigenvalue weighted by Crippen LogP contribution is 2.01. The van der Waals surface area contributed by atoms with Gasteiger partial charge in [0.1, 0.15) is 0 Å². The lowest BCUT2D eigenvalue weighted by molar-refractivity contribution is 1.52. The van der Waals surface area contributed by atoms with Crippen LogP contribution in [0.3, 0.4) is 0 Å². The van der Waals surface area contributed by atoms with Crippen molar-refractivity contribution in [2.24, 2.45) is 0 Å². The largest absolute Gasteiger partial charge is 0.193 e. The molecule has 8 heavy (non-hydrogen) atoms. The predicted molar refractivity (Wildman–Crippen MR) is 40.1 cm³/mol. The van der Waals surface area contributed by atoms with E-state index in [0.29, 0.717) is 0 Å². The monoisotopic (exact) mass is 143 g/mol. The van der Waals surface area contributed by atoms with Gasteiger partial charge >= 0.3 is 0 Å². The molecule has 0 saturated carbocycles. The van der Waals surface area contributed by atoms with Gasteiger partial charge in [-0.3, -0.25) is 0 Å². The second-order valence-corrected chi connectivity index (χ2v) is 2.20. The van der Waals surface area contributed by atoms with E-state index in [-0.39, 0.29) is 0 Å². The van der Waals surface area contributed by atoms with Crippen molar-refractivity contribution in [1.29, 1.82) is 0 Å². The summed E-state index contributed by atoms with van der Waals surface area (Å²) in [5, 5.41) is 3.61. The lowest BCUT2D eigenvalue weighted by Crippen LogP contribution is -1.61. The molecule has 1 heterocycles. The van der Waals surface area contributed by atoms with E-state index < -0.39 is 0 Å². The minimum Gasteiger partial charge on any atom is -0.193 e. The molecule has 1 nitrogen and oxygen atoms in total. The van der Waals surface area contributed by atoms with Crippen molar-refractivity contribution in [1.82, 2.24) is 4.37 Å². The van der Waals surface area contributed by atoms with Crippen LogP contribution < -0.4 is 0 Å². The molecule has 0 aliphatic carbocycles. The number of thiol groups is 1. The molecule has 1 aromatic heterocycles. The maximum atomic E-state index is 4.01. The van der Waals surface area contributed by atoms with Gasteiger partial charge < -0.3 is 0 Å². The van der Waals surface area contributed by atoms with E-state index >= 15 is 0 Å². The molecule has 0 spiro atoms. The third kappa shape index (κ3) is 1.35. The molecule has 3 heteroatoms. The summed E-state index contributed by atoms with van der Waals surface area (Å²) in [7, 11) is 0. The van der Waals surface area contributed by atoms with Gasteiger partial charge in [-0.25, -0.2) is 0 Å². The molecule has 0 atom stereocenters. The van der Waals surface area contributed by atoms with E-state index in [1.54, 1.807) is 5.41 Å². The number of rotatable bonds is 1. The molecule has 0 N–H and O–H groups in total. The first-order valence-corrected chi connectivity index (χ1v) is 3.50. The Bertz CT molecular complexity index is 167. The Morgan fingerprint density at radius 3 is 3.12 bits per heavy atom. The summed E-state index contributed by atoms with van der Waals surface area (Å²) in [6.45, 7) is 0. The molecule has 42 valence electrons. The van der Waals surface area contributed by atoms with E-state index in [9.17, 15) is 0 Å². The Morgan fingerprint density at radius 2 is 2.62 bits per heavy atom. The molecule has 0 radical (unpaired) electrons. The predicted octanol–water partition coefficient (Wildman–Crippen LogP) is 2.04. The molecule has 0 amide bonds. The van der Waals surface area contributed by atoms with E-state index in [4.69, 9.17) is 0 Å². The normalized spacial score (nSPS) is 10.6. The highest BCUT2D eigenvalue weighted by atomic mass is 32.1. The quantitative estimate of drug-likeness (QED) is 0.594. The Morgan fingerprint density at radius 1 is 1.75 bits per heavy atom. The van der Waals surface area contributed by atoms with Crippen LogP contribution in [0.15, 0.2) is 16.9 Å². The molecule has 1 rings (SSSR count). The van der Waals surface area contributed by atoms with Gasteiger partial charge in [0.05, 0.1) is 5.69 Å². The van der Waals surface area contributed by atoms with Crippen LogP contribution >= 0.6 is 24.2 Å². The lowest BCUT2D eigenvalue weighted by Gasteiger charge is -1.73. The molecular weight excluding hydrogens is 138 g/mol. The fraction of sp³-hybridized carbons (Fsp3) is 0. The van der Waals surface area contributed by atoms with Crippen LogP contribution in [0.1, 0.15) is 5.69 Å². The van der Waals surface area contributed by atoms with Crippen molar-refractivity contribution < 1.29 is 0 Å². The SMILES string of the molecule is S/C=C/c1ccsn1. The highest BCUT2D eigenvalue weighted by molar-refractivity contribution is 7.83. The summed E-state index contributed by atoms with van der Waals surface area (Å²) in [5.74, 6) is 0. The van der Waals surface area contributed by atoms with Gasteiger partial charge in [0.25, 0.3) is 0 Å². The standard InChI is InChI=1S/C5H5NS2/c7-3-1-5-2-4-8-6-5/h1-4,7H/b3-1+. The first-order chi connectivity index (χ1) is 3.93. The zero-order valence-electron chi connectivity index (χ0n) is 4.11. The van der Waals surface area contributed by atoms with E-state index in [2.05, 4.69) is 17.0 Å². The van der Waals surface area contributed by atoms with Crippen LogP contribution in [-0.2, 0) is 0 Å². The second-order valence-electron chi connectivity index (χ2n) is 1.24. The summed E-state index contributed by atoms with van der Waals surface area (Å²) in [6, 6.07) is 1.94. The molecule has 0 bridgehead atoms. The maximum absolute atomic E-state index is 4.01.